The van der Waals surface area contributed by atoms with Gasteiger partial charge in [0.15, 0.2) is 9.84 Å². The molecular weight excluding hydrogens is 406 g/mol. The molecule has 0 fully saturated rings. The Balaban J connectivity index is 1.68. The van der Waals surface area contributed by atoms with Crippen LogP contribution in [0.3, 0.4) is 0 Å². The van der Waals surface area contributed by atoms with Gasteiger partial charge >= 0.3 is 0 Å². The molecule has 2 aromatic carbocycles. The number of rotatable bonds is 5. The van der Waals surface area contributed by atoms with Crippen LogP contribution < -0.4 is 16.4 Å². The van der Waals surface area contributed by atoms with Gasteiger partial charge in [0.2, 0.25) is 0 Å². The van der Waals surface area contributed by atoms with Crippen molar-refractivity contribution >= 4 is 21.7 Å². The molecule has 0 unspecified atom stereocenters. The van der Waals surface area contributed by atoms with Crippen LogP contribution in [0.1, 0.15) is 26.3 Å². The molecular formula is C21H19N3O5S. The highest BCUT2D eigenvalue weighted by Crippen LogP contribution is 2.10. The second-order valence-corrected chi connectivity index (χ2v) is 8.56. The number of aromatic nitrogens is 1. The number of hydrazine groups is 1. The summed E-state index contributed by atoms with van der Waals surface area (Å²) in [6, 6.07) is 17.5. The molecule has 0 aliphatic carbocycles. The van der Waals surface area contributed by atoms with Gasteiger partial charge in [0.05, 0.1) is 11.4 Å². The van der Waals surface area contributed by atoms with Gasteiger partial charge in [0.1, 0.15) is 5.56 Å². The van der Waals surface area contributed by atoms with Crippen LogP contribution in [0.15, 0.2) is 82.6 Å². The summed E-state index contributed by atoms with van der Waals surface area (Å²) in [6.45, 7) is 0.305. The SMILES string of the molecule is CS(=O)(=O)c1ccc(C(=O)NNC(=O)c2cccn(Cc3ccccc3)c2=O)cc1. The van der Waals surface area contributed by atoms with Crippen molar-refractivity contribution in [2.45, 2.75) is 11.4 Å². The minimum Gasteiger partial charge on any atom is -0.310 e. The highest BCUT2D eigenvalue weighted by Gasteiger charge is 2.14. The van der Waals surface area contributed by atoms with Crippen LogP contribution in [0.5, 0.6) is 0 Å². The minimum absolute atomic E-state index is 0.0753. The van der Waals surface area contributed by atoms with Gasteiger partial charge in [-0.1, -0.05) is 30.3 Å². The van der Waals surface area contributed by atoms with E-state index in [-0.39, 0.29) is 16.0 Å². The maximum absolute atomic E-state index is 12.6. The number of carbonyl (C=O) groups is 2. The summed E-state index contributed by atoms with van der Waals surface area (Å²) in [5.74, 6) is -1.41. The van der Waals surface area contributed by atoms with Crippen LogP contribution in [0, 0.1) is 0 Å². The second kappa shape index (κ2) is 8.75. The van der Waals surface area contributed by atoms with Crippen molar-refractivity contribution in [3.63, 3.8) is 0 Å². The van der Waals surface area contributed by atoms with Crippen LogP contribution in [0.2, 0.25) is 0 Å². The summed E-state index contributed by atoms with van der Waals surface area (Å²) in [6.07, 6.45) is 2.64. The molecule has 3 aromatic rings. The Labute approximate surface area is 173 Å². The molecule has 0 aliphatic rings. The van der Waals surface area contributed by atoms with E-state index in [1.807, 2.05) is 30.3 Å². The average molecular weight is 425 g/mol. The number of hydrogen-bond acceptors (Lipinski definition) is 5. The van der Waals surface area contributed by atoms with E-state index < -0.39 is 27.2 Å². The lowest BCUT2D eigenvalue weighted by Gasteiger charge is -2.10. The molecule has 1 heterocycles. The van der Waals surface area contributed by atoms with Crippen LogP contribution in [-0.2, 0) is 16.4 Å². The van der Waals surface area contributed by atoms with E-state index in [1.165, 1.54) is 34.9 Å². The van der Waals surface area contributed by atoms with Crippen molar-refractivity contribution in [3.05, 3.63) is 100.0 Å². The highest BCUT2D eigenvalue weighted by atomic mass is 32.2. The Morgan fingerprint density at radius 1 is 0.867 bits per heavy atom. The van der Waals surface area contributed by atoms with Gasteiger partial charge in [-0.05, 0) is 42.0 Å². The molecule has 0 aliphatic heterocycles. The third kappa shape index (κ3) is 5.00. The molecule has 0 atom stereocenters. The fourth-order valence-electron chi connectivity index (χ4n) is 2.72. The van der Waals surface area contributed by atoms with E-state index in [9.17, 15) is 22.8 Å². The van der Waals surface area contributed by atoms with Crippen molar-refractivity contribution < 1.29 is 18.0 Å². The van der Waals surface area contributed by atoms with Crippen molar-refractivity contribution in [2.24, 2.45) is 0 Å². The fraction of sp³-hybridized carbons (Fsp3) is 0.0952. The van der Waals surface area contributed by atoms with Crippen molar-refractivity contribution in [2.75, 3.05) is 6.26 Å². The molecule has 8 nitrogen and oxygen atoms in total. The molecule has 9 heteroatoms. The fourth-order valence-corrected chi connectivity index (χ4v) is 3.35. The first-order valence-corrected chi connectivity index (χ1v) is 10.8. The predicted molar refractivity (Wildman–Crippen MR) is 111 cm³/mol. The zero-order valence-electron chi connectivity index (χ0n) is 16.0. The first-order chi connectivity index (χ1) is 14.3. The van der Waals surface area contributed by atoms with E-state index in [2.05, 4.69) is 10.9 Å². The second-order valence-electron chi connectivity index (χ2n) is 6.55. The largest absolute Gasteiger partial charge is 0.310 e. The van der Waals surface area contributed by atoms with Gasteiger partial charge in [0, 0.05) is 18.0 Å². The van der Waals surface area contributed by atoms with E-state index in [0.717, 1.165) is 11.8 Å². The molecule has 3 rings (SSSR count). The third-order valence-corrected chi connectivity index (χ3v) is 5.42. The zero-order valence-corrected chi connectivity index (χ0v) is 16.8. The monoisotopic (exact) mass is 425 g/mol. The highest BCUT2D eigenvalue weighted by molar-refractivity contribution is 7.90. The molecule has 0 radical (unpaired) electrons. The number of benzene rings is 2. The standard InChI is InChI=1S/C21H19N3O5S/c1-30(28,29)17-11-9-16(10-12-17)19(25)22-23-20(26)18-8-5-13-24(21(18)27)14-15-6-3-2-4-7-15/h2-13H,14H2,1H3,(H,22,25)(H,23,26). The molecule has 0 saturated heterocycles. The first-order valence-electron chi connectivity index (χ1n) is 8.90. The number of hydrogen-bond donors (Lipinski definition) is 2. The van der Waals surface area contributed by atoms with Crippen LogP contribution >= 0.6 is 0 Å². The Morgan fingerprint density at radius 3 is 2.13 bits per heavy atom. The normalized spacial score (nSPS) is 11.0. The maximum atomic E-state index is 12.6. The number of nitrogens with zero attached hydrogens (tertiary/aromatic N) is 1. The molecule has 154 valence electrons. The number of amides is 2. The Morgan fingerprint density at radius 2 is 1.50 bits per heavy atom. The lowest BCUT2D eigenvalue weighted by molar-refractivity contribution is 0.0845. The van der Waals surface area contributed by atoms with Crippen molar-refractivity contribution in [1.82, 2.24) is 15.4 Å². The van der Waals surface area contributed by atoms with E-state index >= 15 is 0 Å². The predicted octanol–water partition coefficient (Wildman–Crippen LogP) is 1.37. The summed E-state index contributed by atoms with van der Waals surface area (Å²) in [5, 5.41) is 0. The van der Waals surface area contributed by atoms with Crippen molar-refractivity contribution in [1.29, 1.82) is 0 Å². The first kappa shape index (κ1) is 21.0. The van der Waals surface area contributed by atoms with Gasteiger partial charge < -0.3 is 4.57 Å². The topological polar surface area (TPSA) is 114 Å². The summed E-state index contributed by atoms with van der Waals surface area (Å²) in [7, 11) is -3.38. The average Bonchev–Trinajstić information content (AvgIpc) is 2.73. The van der Waals surface area contributed by atoms with Gasteiger partial charge in [-0.2, -0.15) is 0 Å². The van der Waals surface area contributed by atoms with Gasteiger partial charge in [0.25, 0.3) is 17.4 Å². The summed E-state index contributed by atoms with van der Waals surface area (Å²) < 4.78 is 24.3. The number of pyridine rings is 1. The van der Waals surface area contributed by atoms with E-state index in [1.54, 1.807) is 12.3 Å². The summed E-state index contributed by atoms with van der Waals surface area (Å²) in [5.41, 5.74) is 4.86. The van der Waals surface area contributed by atoms with Gasteiger partial charge in [-0.15, -0.1) is 0 Å². The maximum Gasteiger partial charge on any atom is 0.275 e. The Hall–Kier alpha value is -3.72. The van der Waals surface area contributed by atoms with Crippen LogP contribution in [0.4, 0.5) is 0 Å². The lowest BCUT2D eigenvalue weighted by atomic mass is 10.2. The number of carbonyl (C=O) groups excluding carboxylic acids is 2. The molecule has 2 amide bonds. The Kier molecular flexibility index (Phi) is 6.12. The summed E-state index contributed by atoms with van der Waals surface area (Å²) >= 11 is 0. The zero-order chi connectivity index (χ0) is 21.7. The van der Waals surface area contributed by atoms with Crippen LogP contribution in [-0.4, -0.2) is 31.1 Å². The van der Waals surface area contributed by atoms with Crippen molar-refractivity contribution in [3.8, 4) is 0 Å². The van der Waals surface area contributed by atoms with Crippen LogP contribution in [0.25, 0.3) is 0 Å². The van der Waals surface area contributed by atoms with Gasteiger partial charge in [-0.3, -0.25) is 25.2 Å². The third-order valence-electron chi connectivity index (χ3n) is 4.29. The molecule has 0 spiro atoms. The molecule has 1 aromatic heterocycles. The molecule has 2 N–H and O–H groups in total. The lowest BCUT2D eigenvalue weighted by Crippen LogP contribution is -2.44. The quantitative estimate of drug-likeness (QED) is 0.600. The van der Waals surface area contributed by atoms with E-state index in [0.29, 0.717) is 6.54 Å². The Bertz CT molecular complexity index is 1230. The molecule has 0 bridgehead atoms. The van der Waals surface area contributed by atoms with Gasteiger partial charge in [-0.25, -0.2) is 8.42 Å². The minimum atomic E-state index is -3.38. The molecule has 0 saturated carbocycles. The summed E-state index contributed by atoms with van der Waals surface area (Å²) in [4.78, 5) is 37.2. The smallest absolute Gasteiger partial charge is 0.275 e. The number of nitrogens with one attached hydrogen (secondary N) is 2. The molecule has 30 heavy (non-hydrogen) atoms. The van der Waals surface area contributed by atoms with E-state index in [4.69, 9.17) is 0 Å². The number of sulfone groups is 1.